The first-order valence-corrected chi connectivity index (χ1v) is 11.8. The van der Waals surface area contributed by atoms with Crippen LogP contribution >= 0.6 is 15.9 Å². The smallest absolute Gasteiger partial charge is 0.269 e. The molecule has 184 valence electrons. The van der Waals surface area contributed by atoms with E-state index >= 15 is 0 Å². The van der Waals surface area contributed by atoms with Crippen LogP contribution in [-0.2, 0) is 11.4 Å². The third kappa shape index (κ3) is 6.71. The van der Waals surface area contributed by atoms with Crippen molar-refractivity contribution in [2.75, 3.05) is 11.9 Å². The molecule has 0 radical (unpaired) electrons. The van der Waals surface area contributed by atoms with Gasteiger partial charge in [0, 0.05) is 22.3 Å². The fourth-order valence-electron chi connectivity index (χ4n) is 3.37. The van der Waals surface area contributed by atoms with Crippen molar-refractivity contribution in [2.45, 2.75) is 27.4 Å². The van der Waals surface area contributed by atoms with Gasteiger partial charge in [0.1, 0.15) is 18.2 Å². The van der Waals surface area contributed by atoms with Crippen LogP contribution in [0.4, 0.5) is 11.4 Å². The average molecular weight is 550 g/mol. The van der Waals surface area contributed by atoms with E-state index in [-0.39, 0.29) is 17.9 Å². The Bertz CT molecular complexity index is 1360. The lowest BCUT2D eigenvalue weighted by molar-refractivity contribution is -0.384. The van der Waals surface area contributed by atoms with Crippen LogP contribution in [0, 0.1) is 35.3 Å². The van der Waals surface area contributed by atoms with Gasteiger partial charge in [-0.3, -0.25) is 14.9 Å². The van der Waals surface area contributed by atoms with Gasteiger partial charge >= 0.3 is 0 Å². The van der Waals surface area contributed by atoms with E-state index in [1.165, 1.54) is 18.2 Å². The second-order valence-corrected chi connectivity index (χ2v) is 8.76. The maximum atomic E-state index is 12.8. The summed E-state index contributed by atoms with van der Waals surface area (Å²) in [7, 11) is 0. The predicted molar refractivity (Wildman–Crippen MR) is 141 cm³/mol. The first-order chi connectivity index (χ1) is 17.2. The Balaban J connectivity index is 1.83. The first kappa shape index (κ1) is 26.4. The summed E-state index contributed by atoms with van der Waals surface area (Å²) >= 11 is 3.48. The van der Waals surface area contributed by atoms with E-state index in [4.69, 9.17) is 9.47 Å². The highest BCUT2D eigenvalue weighted by atomic mass is 79.9. The Kier molecular flexibility index (Phi) is 8.81. The molecular formula is C27H24BrN3O5. The van der Waals surface area contributed by atoms with E-state index in [2.05, 4.69) is 21.2 Å². The zero-order chi connectivity index (χ0) is 26.2. The Morgan fingerprint density at radius 1 is 1.11 bits per heavy atom. The summed E-state index contributed by atoms with van der Waals surface area (Å²) in [6, 6.07) is 17.1. The van der Waals surface area contributed by atoms with Crippen molar-refractivity contribution in [3.05, 3.63) is 97.0 Å². The van der Waals surface area contributed by atoms with Crippen molar-refractivity contribution >= 4 is 39.3 Å². The molecule has 0 fully saturated rings. The lowest BCUT2D eigenvalue weighted by atomic mass is 10.1. The van der Waals surface area contributed by atoms with Crippen molar-refractivity contribution in [3.8, 4) is 17.6 Å². The number of nitro groups is 1. The van der Waals surface area contributed by atoms with Crippen LogP contribution in [-0.4, -0.2) is 17.4 Å². The zero-order valence-corrected chi connectivity index (χ0v) is 21.6. The fraction of sp³-hybridized carbons (Fsp3) is 0.185. The summed E-state index contributed by atoms with van der Waals surface area (Å²) in [5.74, 6) is 0.353. The molecule has 9 heteroatoms. The molecule has 36 heavy (non-hydrogen) atoms. The number of nitrogens with zero attached hydrogens (tertiary/aromatic N) is 2. The summed E-state index contributed by atoms with van der Waals surface area (Å²) in [6.07, 6.45) is 1.48. The first-order valence-electron chi connectivity index (χ1n) is 11.0. The van der Waals surface area contributed by atoms with E-state index in [0.29, 0.717) is 33.8 Å². The maximum Gasteiger partial charge on any atom is 0.269 e. The van der Waals surface area contributed by atoms with E-state index in [9.17, 15) is 20.2 Å². The molecule has 1 amide bonds. The topological polar surface area (TPSA) is 114 Å². The van der Waals surface area contributed by atoms with E-state index in [1.54, 1.807) is 30.3 Å². The van der Waals surface area contributed by atoms with Crippen molar-refractivity contribution in [2.24, 2.45) is 0 Å². The van der Waals surface area contributed by atoms with E-state index in [0.717, 1.165) is 16.7 Å². The molecule has 3 aromatic rings. The third-order valence-corrected chi connectivity index (χ3v) is 5.89. The number of anilines is 1. The minimum Gasteiger partial charge on any atom is -0.490 e. The molecule has 0 heterocycles. The van der Waals surface area contributed by atoms with Gasteiger partial charge in [0.25, 0.3) is 11.6 Å². The molecule has 8 nitrogen and oxygen atoms in total. The lowest BCUT2D eigenvalue weighted by Gasteiger charge is -2.14. The van der Waals surface area contributed by atoms with Gasteiger partial charge in [0.15, 0.2) is 11.5 Å². The lowest BCUT2D eigenvalue weighted by Crippen LogP contribution is -2.14. The molecule has 0 saturated carbocycles. The molecule has 0 aliphatic rings. The molecule has 0 atom stereocenters. The maximum absolute atomic E-state index is 12.8. The second kappa shape index (κ2) is 12.0. The predicted octanol–water partition coefficient (Wildman–Crippen LogP) is 6.50. The monoisotopic (exact) mass is 549 g/mol. The summed E-state index contributed by atoms with van der Waals surface area (Å²) in [5, 5.41) is 23.3. The van der Waals surface area contributed by atoms with E-state index in [1.807, 2.05) is 39.0 Å². The van der Waals surface area contributed by atoms with Crippen molar-refractivity contribution < 1.29 is 19.2 Å². The van der Waals surface area contributed by atoms with Gasteiger partial charge in [0.05, 0.1) is 11.5 Å². The van der Waals surface area contributed by atoms with Gasteiger partial charge in [-0.2, -0.15) is 5.26 Å². The number of nitro benzene ring substituents is 1. The van der Waals surface area contributed by atoms with Crippen molar-refractivity contribution in [1.29, 1.82) is 5.26 Å². The minimum absolute atomic E-state index is 0.00233. The van der Waals surface area contributed by atoms with Gasteiger partial charge in [-0.1, -0.05) is 33.6 Å². The number of benzene rings is 3. The molecular weight excluding hydrogens is 526 g/mol. The average Bonchev–Trinajstić information content (AvgIpc) is 2.85. The molecule has 0 bridgehead atoms. The number of rotatable bonds is 9. The highest BCUT2D eigenvalue weighted by Gasteiger charge is 2.15. The van der Waals surface area contributed by atoms with Gasteiger partial charge in [-0.25, -0.2) is 0 Å². The van der Waals surface area contributed by atoms with Crippen molar-refractivity contribution in [3.63, 3.8) is 0 Å². The molecule has 1 N–H and O–H groups in total. The number of nitrogens with one attached hydrogen (secondary N) is 1. The van der Waals surface area contributed by atoms with Crippen LogP contribution in [0.15, 0.2) is 64.6 Å². The zero-order valence-electron chi connectivity index (χ0n) is 20.0. The molecule has 3 aromatic carbocycles. The minimum atomic E-state index is -0.521. The number of ether oxygens (including phenoxy) is 2. The highest BCUT2D eigenvalue weighted by Crippen LogP contribution is 2.35. The SMILES string of the molecule is CCOc1cc(/C=C(\C#N)C(=O)Nc2ccc(C)cc2C)c(Br)cc1OCc1ccc([N+](=O)[O-])cc1. The number of hydrogen-bond acceptors (Lipinski definition) is 6. The number of nitriles is 1. The second-order valence-electron chi connectivity index (χ2n) is 7.91. The van der Waals surface area contributed by atoms with Gasteiger partial charge in [0.2, 0.25) is 0 Å². The number of non-ortho nitro benzene ring substituents is 1. The summed E-state index contributed by atoms with van der Waals surface area (Å²) in [6.45, 7) is 6.22. The Labute approximate surface area is 217 Å². The van der Waals surface area contributed by atoms with Crippen LogP contribution in [0.3, 0.4) is 0 Å². The molecule has 0 unspecified atom stereocenters. The number of hydrogen-bond donors (Lipinski definition) is 1. The fourth-order valence-corrected chi connectivity index (χ4v) is 3.80. The van der Waals surface area contributed by atoms with Crippen LogP contribution in [0.1, 0.15) is 29.2 Å². The normalized spacial score (nSPS) is 10.9. The van der Waals surface area contributed by atoms with Crippen LogP contribution in [0.2, 0.25) is 0 Å². The standard InChI is InChI=1S/C27H24BrN3O5/c1-4-35-25-13-20(12-21(15-29)27(32)30-24-10-5-17(2)11-18(24)3)23(28)14-26(25)36-16-19-6-8-22(9-7-19)31(33)34/h5-14H,4,16H2,1-3H3,(H,30,32)/b21-12+. The largest absolute Gasteiger partial charge is 0.490 e. The van der Waals surface area contributed by atoms with Gasteiger partial charge in [-0.05, 0) is 73.9 Å². The van der Waals surface area contributed by atoms with E-state index < -0.39 is 10.8 Å². The Morgan fingerprint density at radius 3 is 2.42 bits per heavy atom. The van der Waals surface area contributed by atoms with Crippen molar-refractivity contribution in [1.82, 2.24) is 0 Å². The number of carbonyl (C=O) groups is 1. The molecule has 0 aliphatic carbocycles. The number of halogens is 1. The summed E-state index contributed by atoms with van der Waals surface area (Å²) in [4.78, 5) is 23.2. The number of aryl methyl sites for hydroxylation is 2. The number of amides is 1. The third-order valence-electron chi connectivity index (χ3n) is 5.20. The van der Waals surface area contributed by atoms with Crippen LogP contribution < -0.4 is 14.8 Å². The molecule has 0 aromatic heterocycles. The number of carbonyl (C=O) groups excluding carboxylic acids is 1. The molecule has 0 aliphatic heterocycles. The highest BCUT2D eigenvalue weighted by molar-refractivity contribution is 9.10. The molecule has 0 saturated heterocycles. The Hall–Kier alpha value is -4.16. The quantitative estimate of drug-likeness (QED) is 0.141. The summed E-state index contributed by atoms with van der Waals surface area (Å²) < 4.78 is 12.2. The molecule has 3 rings (SSSR count). The Morgan fingerprint density at radius 2 is 1.81 bits per heavy atom. The summed E-state index contributed by atoms with van der Waals surface area (Å²) in [5.41, 5.74) is 3.85. The van der Waals surface area contributed by atoms with Crippen LogP contribution in [0.5, 0.6) is 11.5 Å². The van der Waals surface area contributed by atoms with Crippen LogP contribution in [0.25, 0.3) is 6.08 Å². The van der Waals surface area contributed by atoms with Gasteiger partial charge < -0.3 is 14.8 Å². The van der Waals surface area contributed by atoms with Gasteiger partial charge in [-0.15, -0.1) is 0 Å². The molecule has 0 spiro atoms.